The Labute approximate surface area is 162 Å². The van der Waals surface area contributed by atoms with Crippen LogP contribution in [0.5, 0.6) is 0 Å². The molecular weight excluding hydrogens is 421 g/mol. The van der Waals surface area contributed by atoms with Crippen LogP contribution in [-0.4, -0.2) is 73.4 Å². The Balaban J connectivity index is 0.00000529. The van der Waals surface area contributed by atoms with Crippen LogP contribution in [0.4, 0.5) is 0 Å². The first-order valence-corrected chi connectivity index (χ1v) is 8.39. The van der Waals surface area contributed by atoms with Crippen LogP contribution in [0.25, 0.3) is 0 Å². The Morgan fingerprint density at radius 1 is 1.00 bits per heavy atom. The van der Waals surface area contributed by atoms with Gasteiger partial charge in [0.2, 0.25) is 11.8 Å². The van der Waals surface area contributed by atoms with E-state index in [2.05, 4.69) is 20.5 Å². The van der Waals surface area contributed by atoms with E-state index in [4.69, 9.17) is 0 Å². The lowest BCUT2D eigenvalue weighted by Gasteiger charge is -2.36. The second-order valence-corrected chi connectivity index (χ2v) is 6.41. The molecule has 0 aromatic rings. The molecule has 1 saturated heterocycles. The van der Waals surface area contributed by atoms with Gasteiger partial charge in [0, 0.05) is 46.2 Å². The number of carbonyl (C=O) groups is 2. The number of aliphatic imine (C=N–C) groups is 1. The number of nitrogens with zero attached hydrogens (tertiary/aromatic N) is 3. The summed E-state index contributed by atoms with van der Waals surface area (Å²) in [6.07, 6.45) is 0. The first-order chi connectivity index (χ1) is 10.8. The van der Waals surface area contributed by atoms with Crippen LogP contribution in [0, 0.1) is 5.41 Å². The lowest BCUT2D eigenvalue weighted by Crippen LogP contribution is -2.53. The highest BCUT2D eigenvalue weighted by molar-refractivity contribution is 14.0. The fourth-order valence-electron chi connectivity index (χ4n) is 2.40. The minimum absolute atomic E-state index is 0. The van der Waals surface area contributed by atoms with Gasteiger partial charge in [-0.05, 0) is 27.7 Å². The van der Waals surface area contributed by atoms with Crippen molar-refractivity contribution in [1.82, 2.24) is 20.4 Å². The van der Waals surface area contributed by atoms with Crippen molar-refractivity contribution in [1.29, 1.82) is 0 Å². The van der Waals surface area contributed by atoms with Crippen molar-refractivity contribution in [3.05, 3.63) is 0 Å². The van der Waals surface area contributed by atoms with Crippen molar-refractivity contribution in [2.24, 2.45) is 10.4 Å². The topological polar surface area (TPSA) is 77.0 Å². The zero-order valence-corrected chi connectivity index (χ0v) is 17.8. The van der Waals surface area contributed by atoms with Crippen LogP contribution < -0.4 is 10.6 Å². The average molecular weight is 453 g/mol. The summed E-state index contributed by atoms with van der Waals surface area (Å²) in [5.74, 6) is 0.943. The van der Waals surface area contributed by atoms with E-state index >= 15 is 0 Å². The fraction of sp³-hybridized carbons (Fsp3) is 0.812. The van der Waals surface area contributed by atoms with E-state index in [0.29, 0.717) is 26.2 Å². The molecule has 0 atom stereocenters. The van der Waals surface area contributed by atoms with Gasteiger partial charge >= 0.3 is 0 Å². The molecule has 0 radical (unpaired) electrons. The predicted octanol–water partition coefficient (Wildman–Crippen LogP) is 0.896. The molecule has 2 N–H and O–H groups in total. The van der Waals surface area contributed by atoms with Gasteiger partial charge in [-0.1, -0.05) is 0 Å². The van der Waals surface area contributed by atoms with E-state index in [-0.39, 0.29) is 35.8 Å². The molecule has 0 spiro atoms. The average Bonchev–Trinajstić information content (AvgIpc) is 2.51. The molecule has 0 unspecified atom stereocenters. The first kappa shape index (κ1) is 22.9. The number of amides is 2. The Kier molecular flexibility index (Phi) is 10.3. The molecule has 0 aromatic carbocycles. The molecule has 1 rings (SSSR count). The third-order valence-electron chi connectivity index (χ3n) is 3.94. The Morgan fingerprint density at radius 2 is 1.50 bits per heavy atom. The van der Waals surface area contributed by atoms with Gasteiger partial charge in [0.15, 0.2) is 5.96 Å². The lowest BCUT2D eigenvalue weighted by atomic mass is 9.92. The van der Waals surface area contributed by atoms with Crippen LogP contribution in [-0.2, 0) is 9.59 Å². The van der Waals surface area contributed by atoms with Crippen molar-refractivity contribution in [3.8, 4) is 0 Å². The largest absolute Gasteiger partial charge is 0.357 e. The minimum Gasteiger partial charge on any atom is -0.357 e. The Bertz CT molecular complexity index is 446. The van der Waals surface area contributed by atoms with Crippen LogP contribution in [0.3, 0.4) is 0 Å². The van der Waals surface area contributed by atoms with E-state index in [9.17, 15) is 9.59 Å². The second kappa shape index (κ2) is 10.7. The van der Waals surface area contributed by atoms with Crippen molar-refractivity contribution < 1.29 is 9.59 Å². The van der Waals surface area contributed by atoms with Gasteiger partial charge in [-0.3, -0.25) is 14.6 Å². The molecular formula is C16H32IN5O2. The highest BCUT2D eigenvalue weighted by Crippen LogP contribution is 2.16. The molecule has 0 saturated carbocycles. The molecule has 24 heavy (non-hydrogen) atoms. The smallest absolute Gasteiger partial charge is 0.227 e. The zero-order chi connectivity index (χ0) is 17.5. The number of guanidine groups is 1. The van der Waals surface area contributed by atoms with Gasteiger partial charge in [-0.2, -0.15) is 0 Å². The van der Waals surface area contributed by atoms with Crippen molar-refractivity contribution in [2.45, 2.75) is 34.6 Å². The molecule has 1 heterocycles. The van der Waals surface area contributed by atoms with Crippen LogP contribution in [0.2, 0.25) is 0 Å². The predicted molar refractivity (Wildman–Crippen MR) is 108 cm³/mol. The molecule has 0 bridgehead atoms. The third-order valence-corrected chi connectivity index (χ3v) is 3.94. The van der Waals surface area contributed by atoms with E-state index in [1.54, 1.807) is 6.92 Å². The molecule has 1 fully saturated rings. The summed E-state index contributed by atoms with van der Waals surface area (Å²) in [5.41, 5.74) is -0.544. The maximum atomic E-state index is 12.1. The molecule has 7 nitrogen and oxygen atoms in total. The van der Waals surface area contributed by atoms with Crippen molar-refractivity contribution in [2.75, 3.05) is 45.8 Å². The van der Waals surface area contributed by atoms with Crippen molar-refractivity contribution >= 4 is 41.8 Å². The zero-order valence-electron chi connectivity index (χ0n) is 15.5. The number of carbonyl (C=O) groups excluding carboxylic acids is 2. The first-order valence-electron chi connectivity index (χ1n) is 8.39. The van der Waals surface area contributed by atoms with Gasteiger partial charge in [0.1, 0.15) is 0 Å². The van der Waals surface area contributed by atoms with Crippen LogP contribution in [0.15, 0.2) is 4.99 Å². The number of piperazine rings is 1. The summed E-state index contributed by atoms with van der Waals surface area (Å²) >= 11 is 0. The number of halogens is 1. The summed E-state index contributed by atoms with van der Waals surface area (Å²) in [6, 6.07) is 0. The quantitative estimate of drug-likeness (QED) is 0.369. The van der Waals surface area contributed by atoms with Gasteiger partial charge in [0.25, 0.3) is 0 Å². The van der Waals surface area contributed by atoms with Crippen molar-refractivity contribution in [3.63, 3.8) is 0 Å². The number of hydrogen-bond acceptors (Lipinski definition) is 3. The van der Waals surface area contributed by atoms with Gasteiger partial charge < -0.3 is 20.4 Å². The summed E-state index contributed by atoms with van der Waals surface area (Å²) in [4.78, 5) is 32.1. The molecule has 140 valence electrons. The van der Waals surface area contributed by atoms with E-state index < -0.39 is 5.41 Å². The molecule has 1 aliphatic heterocycles. The highest BCUT2D eigenvalue weighted by atomic mass is 127. The molecule has 8 heteroatoms. The molecule has 2 amide bonds. The number of nitrogens with one attached hydrogen (secondary N) is 2. The third kappa shape index (κ3) is 6.82. The fourth-order valence-corrected chi connectivity index (χ4v) is 2.40. The molecule has 0 aromatic heterocycles. The lowest BCUT2D eigenvalue weighted by molar-refractivity contribution is -0.130. The summed E-state index contributed by atoms with van der Waals surface area (Å²) in [5, 5.41) is 6.13. The normalized spacial score (nSPS) is 15.6. The maximum absolute atomic E-state index is 12.1. The van der Waals surface area contributed by atoms with Crippen LogP contribution in [0.1, 0.15) is 34.6 Å². The van der Waals surface area contributed by atoms with E-state index in [0.717, 1.165) is 25.6 Å². The molecule has 1 aliphatic rings. The van der Waals surface area contributed by atoms with E-state index in [1.807, 2.05) is 32.6 Å². The van der Waals surface area contributed by atoms with Gasteiger partial charge in [0.05, 0.1) is 12.0 Å². The number of hydrogen-bond donors (Lipinski definition) is 2. The monoisotopic (exact) mass is 453 g/mol. The summed E-state index contributed by atoms with van der Waals surface area (Å²) in [7, 11) is 0. The minimum atomic E-state index is -0.544. The van der Waals surface area contributed by atoms with Crippen LogP contribution >= 0.6 is 24.0 Å². The van der Waals surface area contributed by atoms with E-state index in [1.165, 1.54) is 0 Å². The molecule has 0 aliphatic carbocycles. The number of rotatable bonds is 5. The second-order valence-electron chi connectivity index (χ2n) is 6.41. The Morgan fingerprint density at radius 3 is 1.96 bits per heavy atom. The highest BCUT2D eigenvalue weighted by Gasteiger charge is 2.28. The van der Waals surface area contributed by atoms with Gasteiger partial charge in [-0.15, -0.1) is 24.0 Å². The van der Waals surface area contributed by atoms with Gasteiger partial charge in [-0.25, -0.2) is 0 Å². The standard InChI is InChI=1S/C16H31N5O2.HI/c1-6-17-14(23)16(4,5)12-19-15(18-7-2)21-10-8-20(9-11-21)13(3)22;/h6-12H2,1-5H3,(H,17,23)(H,18,19);1H. The maximum Gasteiger partial charge on any atom is 0.227 e. The summed E-state index contributed by atoms with van der Waals surface area (Å²) in [6.45, 7) is 14.1. The Hall–Kier alpha value is -1.06. The summed E-state index contributed by atoms with van der Waals surface area (Å²) < 4.78 is 0. The SMILES string of the molecule is CCNC(=O)C(C)(C)CN=C(NCC)N1CCN(C(C)=O)CC1.I.